The maximum Gasteiger partial charge on any atom is 0.317 e. The van der Waals surface area contributed by atoms with Crippen LogP contribution in [0.3, 0.4) is 0 Å². The van der Waals surface area contributed by atoms with Gasteiger partial charge in [-0.3, -0.25) is 0 Å². The molecule has 3 N–H and O–H groups in total. The van der Waals surface area contributed by atoms with E-state index in [1.807, 2.05) is 18.7 Å². The molecule has 82 valence electrons. The molecule has 0 aromatic heterocycles. The van der Waals surface area contributed by atoms with Gasteiger partial charge in [-0.1, -0.05) is 6.92 Å². The summed E-state index contributed by atoms with van der Waals surface area (Å²) in [5, 5.41) is 2.90. The second-order valence-corrected chi connectivity index (χ2v) is 4.37. The normalized spacial score (nSPS) is 27.1. The molecule has 1 heterocycles. The van der Waals surface area contributed by atoms with Crippen molar-refractivity contribution in [2.75, 3.05) is 13.1 Å². The number of hydrogen-bond donors (Lipinski definition) is 2. The van der Waals surface area contributed by atoms with Gasteiger partial charge in [-0.15, -0.1) is 0 Å². The van der Waals surface area contributed by atoms with Gasteiger partial charge in [-0.05, 0) is 26.2 Å². The Labute approximate surface area is 85.8 Å². The SMILES string of the molecule is CC(C)NC(=O)N1CCC(C)C1CN. The van der Waals surface area contributed by atoms with Crippen LogP contribution in [0.4, 0.5) is 4.79 Å². The lowest BCUT2D eigenvalue weighted by Crippen LogP contribution is -2.48. The van der Waals surface area contributed by atoms with E-state index in [1.54, 1.807) is 0 Å². The van der Waals surface area contributed by atoms with Gasteiger partial charge >= 0.3 is 6.03 Å². The van der Waals surface area contributed by atoms with Crippen LogP contribution < -0.4 is 11.1 Å². The number of hydrogen-bond acceptors (Lipinski definition) is 2. The van der Waals surface area contributed by atoms with E-state index in [0.29, 0.717) is 12.5 Å². The zero-order valence-electron chi connectivity index (χ0n) is 9.29. The first kappa shape index (κ1) is 11.3. The fourth-order valence-electron chi connectivity index (χ4n) is 1.95. The molecule has 1 aliphatic heterocycles. The molecular weight excluding hydrogens is 178 g/mol. The van der Waals surface area contributed by atoms with E-state index in [4.69, 9.17) is 5.73 Å². The molecule has 0 spiro atoms. The van der Waals surface area contributed by atoms with Crippen LogP contribution >= 0.6 is 0 Å². The third kappa shape index (κ3) is 2.38. The summed E-state index contributed by atoms with van der Waals surface area (Å²) in [6.07, 6.45) is 1.06. The Kier molecular flexibility index (Phi) is 3.75. The second kappa shape index (κ2) is 4.64. The van der Waals surface area contributed by atoms with Crippen molar-refractivity contribution in [3.8, 4) is 0 Å². The summed E-state index contributed by atoms with van der Waals surface area (Å²) in [6.45, 7) is 7.48. The highest BCUT2D eigenvalue weighted by molar-refractivity contribution is 5.75. The number of amides is 2. The van der Waals surface area contributed by atoms with Crippen LogP contribution in [0.5, 0.6) is 0 Å². The van der Waals surface area contributed by atoms with Crippen molar-refractivity contribution in [2.45, 2.75) is 39.3 Å². The highest BCUT2D eigenvalue weighted by Gasteiger charge is 2.33. The van der Waals surface area contributed by atoms with Gasteiger partial charge < -0.3 is 16.0 Å². The molecule has 0 bridgehead atoms. The summed E-state index contributed by atoms with van der Waals surface area (Å²) >= 11 is 0. The number of carbonyl (C=O) groups excluding carboxylic acids is 1. The molecule has 4 heteroatoms. The third-order valence-corrected chi connectivity index (χ3v) is 2.80. The summed E-state index contributed by atoms with van der Waals surface area (Å²) in [4.78, 5) is 13.6. The maximum atomic E-state index is 11.7. The number of nitrogens with one attached hydrogen (secondary N) is 1. The molecule has 1 saturated heterocycles. The van der Waals surface area contributed by atoms with Gasteiger partial charge in [0.2, 0.25) is 0 Å². The standard InChI is InChI=1S/C10H21N3O/c1-7(2)12-10(14)13-5-4-8(3)9(13)6-11/h7-9H,4-6,11H2,1-3H3,(H,12,14). The van der Waals surface area contributed by atoms with Crippen LogP contribution in [0.1, 0.15) is 27.2 Å². The smallest absolute Gasteiger partial charge is 0.317 e. The van der Waals surface area contributed by atoms with E-state index in [0.717, 1.165) is 13.0 Å². The second-order valence-electron chi connectivity index (χ2n) is 4.37. The quantitative estimate of drug-likeness (QED) is 0.690. The summed E-state index contributed by atoms with van der Waals surface area (Å²) in [5.74, 6) is 0.526. The van der Waals surface area contributed by atoms with Gasteiger partial charge in [0.05, 0.1) is 0 Å². The fraction of sp³-hybridized carbons (Fsp3) is 0.900. The Balaban J connectivity index is 2.55. The molecule has 0 aliphatic carbocycles. The molecule has 2 unspecified atom stereocenters. The zero-order valence-corrected chi connectivity index (χ0v) is 9.29. The average Bonchev–Trinajstić information content (AvgIpc) is 2.45. The molecule has 0 aromatic carbocycles. The number of rotatable bonds is 2. The van der Waals surface area contributed by atoms with E-state index in [9.17, 15) is 4.79 Å². The summed E-state index contributed by atoms with van der Waals surface area (Å²) in [7, 11) is 0. The summed E-state index contributed by atoms with van der Waals surface area (Å²) in [6, 6.07) is 0.436. The molecule has 14 heavy (non-hydrogen) atoms. The van der Waals surface area contributed by atoms with Crippen molar-refractivity contribution in [1.82, 2.24) is 10.2 Å². The van der Waals surface area contributed by atoms with Crippen molar-refractivity contribution in [3.63, 3.8) is 0 Å². The zero-order chi connectivity index (χ0) is 10.7. The van der Waals surface area contributed by atoms with Crippen LogP contribution in [0.25, 0.3) is 0 Å². The van der Waals surface area contributed by atoms with Crippen LogP contribution in [0, 0.1) is 5.92 Å². The fourth-order valence-corrected chi connectivity index (χ4v) is 1.95. The number of likely N-dealkylation sites (tertiary alicyclic amines) is 1. The number of nitrogens with two attached hydrogens (primary N) is 1. The highest BCUT2D eigenvalue weighted by Crippen LogP contribution is 2.22. The monoisotopic (exact) mass is 199 g/mol. The van der Waals surface area contributed by atoms with Gasteiger partial charge in [-0.2, -0.15) is 0 Å². The molecule has 2 amide bonds. The molecule has 1 rings (SSSR count). The minimum absolute atomic E-state index is 0.0276. The van der Waals surface area contributed by atoms with E-state index in [-0.39, 0.29) is 18.1 Å². The first-order chi connectivity index (χ1) is 6.56. The Morgan fingerprint density at radius 2 is 2.29 bits per heavy atom. The van der Waals surface area contributed by atoms with Crippen LogP contribution in [0.2, 0.25) is 0 Å². The Bertz CT molecular complexity index is 206. The van der Waals surface area contributed by atoms with Crippen LogP contribution in [0.15, 0.2) is 0 Å². The molecule has 2 atom stereocenters. The molecule has 0 aromatic rings. The van der Waals surface area contributed by atoms with E-state index >= 15 is 0 Å². The van der Waals surface area contributed by atoms with Crippen molar-refractivity contribution >= 4 is 6.03 Å². The van der Waals surface area contributed by atoms with E-state index < -0.39 is 0 Å². The molecule has 1 fully saturated rings. The minimum atomic E-state index is 0.0276. The Morgan fingerprint density at radius 1 is 1.64 bits per heavy atom. The first-order valence-corrected chi connectivity index (χ1v) is 5.33. The molecule has 0 saturated carbocycles. The summed E-state index contributed by atoms with van der Waals surface area (Å²) in [5.41, 5.74) is 5.66. The first-order valence-electron chi connectivity index (χ1n) is 5.33. The maximum absolute atomic E-state index is 11.7. The Morgan fingerprint density at radius 3 is 2.79 bits per heavy atom. The predicted molar refractivity (Wildman–Crippen MR) is 57.0 cm³/mol. The van der Waals surface area contributed by atoms with Gasteiger partial charge in [0.1, 0.15) is 0 Å². The highest BCUT2D eigenvalue weighted by atomic mass is 16.2. The minimum Gasteiger partial charge on any atom is -0.336 e. The Hall–Kier alpha value is -0.770. The molecule has 1 aliphatic rings. The topological polar surface area (TPSA) is 58.4 Å². The van der Waals surface area contributed by atoms with Crippen LogP contribution in [-0.4, -0.2) is 36.1 Å². The van der Waals surface area contributed by atoms with E-state index in [1.165, 1.54) is 0 Å². The lowest BCUT2D eigenvalue weighted by atomic mass is 10.0. The molecular formula is C10H21N3O. The van der Waals surface area contributed by atoms with Crippen molar-refractivity contribution in [1.29, 1.82) is 0 Å². The van der Waals surface area contributed by atoms with E-state index in [2.05, 4.69) is 12.2 Å². The lowest BCUT2D eigenvalue weighted by molar-refractivity contribution is 0.186. The number of carbonyl (C=O) groups is 1. The molecule has 4 nitrogen and oxygen atoms in total. The third-order valence-electron chi connectivity index (χ3n) is 2.80. The molecule has 0 radical (unpaired) electrons. The van der Waals surface area contributed by atoms with Gasteiger partial charge in [0.15, 0.2) is 0 Å². The van der Waals surface area contributed by atoms with Gasteiger partial charge in [0, 0.05) is 25.2 Å². The van der Waals surface area contributed by atoms with Crippen molar-refractivity contribution < 1.29 is 4.79 Å². The predicted octanol–water partition coefficient (Wildman–Crippen LogP) is 0.773. The van der Waals surface area contributed by atoms with Gasteiger partial charge in [-0.25, -0.2) is 4.79 Å². The lowest BCUT2D eigenvalue weighted by Gasteiger charge is -2.26. The average molecular weight is 199 g/mol. The largest absolute Gasteiger partial charge is 0.336 e. The number of nitrogens with zero attached hydrogens (tertiary/aromatic N) is 1. The van der Waals surface area contributed by atoms with Crippen molar-refractivity contribution in [3.05, 3.63) is 0 Å². The number of urea groups is 1. The van der Waals surface area contributed by atoms with Crippen LogP contribution in [-0.2, 0) is 0 Å². The van der Waals surface area contributed by atoms with Crippen molar-refractivity contribution in [2.24, 2.45) is 11.7 Å². The van der Waals surface area contributed by atoms with Gasteiger partial charge in [0.25, 0.3) is 0 Å². The summed E-state index contributed by atoms with van der Waals surface area (Å²) < 4.78 is 0.